The van der Waals surface area contributed by atoms with E-state index in [-0.39, 0.29) is 5.41 Å². The van der Waals surface area contributed by atoms with Gasteiger partial charge in [0, 0.05) is 27.9 Å². The van der Waals surface area contributed by atoms with E-state index in [1.165, 1.54) is 49.7 Å². The highest BCUT2D eigenvalue weighted by atomic mass is 16.5. The number of nitrogens with zero attached hydrogens (tertiary/aromatic N) is 1. The van der Waals surface area contributed by atoms with E-state index >= 15 is 0 Å². The van der Waals surface area contributed by atoms with Crippen LogP contribution in [0.2, 0.25) is 0 Å². The van der Waals surface area contributed by atoms with E-state index < -0.39 is 0 Å². The number of benzene rings is 9. The molecule has 1 aliphatic carbocycles. The first-order valence-electron chi connectivity index (χ1n) is 19.8. The molecule has 57 heavy (non-hydrogen) atoms. The van der Waals surface area contributed by atoms with E-state index in [9.17, 15) is 0 Å². The van der Waals surface area contributed by atoms with E-state index in [1.807, 2.05) is 0 Å². The largest absolute Gasteiger partial charge is 0.454 e. The molecule has 9 aromatic carbocycles. The molecule has 0 unspecified atom stereocenters. The quantitative estimate of drug-likeness (QED) is 0.175. The molecule has 2 aliphatic rings. The Bertz CT molecular complexity index is 3000. The molecule has 0 saturated carbocycles. The van der Waals surface area contributed by atoms with Gasteiger partial charge in [-0.25, -0.2) is 0 Å². The monoisotopic (exact) mass is 729 g/mol. The van der Waals surface area contributed by atoms with Crippen molar-refractivity contribution in [3.05, 3.63) is 211 Å². The van der Waals surface area contributed by atoms with Gasteiger partial charge in [-0.3, -0.25) is 0 Å². The predicted molar refractivity (Wildman–Crippen MR) is 238 cm³/mol. The van der Waals surface area contributed by atoms with Crippen LogP contribution < -0.4 is 9.64 Å². The van der Waals surface area contributed by atoms with Crippen molar-refractivity contribution >= 4 is 27.8 Å². The maximum atomic E-state index is 7.29. The molecule has 1 aliphatic heterocycles. The van der Waals surface area contributed by atoms with Crippen LogP contribution >= 0.6 is 0 Å². The second-order valence-electron chi connectivity index (χ2n) is 15.7. The van der Waals surface area contributed by atoms with Crippen molar-refractivity contribution in [2.75, 3.05) is 4.90 Å². The fourth-order valence-electron chi connectivity index (χ4n) is 9.15. The Labute approximate surface area is 333 Å². The van der Waals surface area contributed by atoms with Crippen molar-refractivity contribution in [2.45, 2.75) is 19.3 Å². The molecule has 0 fully saturated rings. The number of anilines is 3. The van der Waals surface area contributed by atoms with Crippen LogP contribution in [0.4, 0.5) is 17.1 Å². The molecular weight excluding hydrogens is 691 g/mol. The van der Waals surface area contributed by atoms with Crippen molar-refractivity contribution in [3.8, 4) is 67.1 Å². The molecule has 0 atom stereocenters. The molecule has 0 spiro atoms. The summed E-state index contributed by atoms with van der Waals surface area (Å²) in [6.07, 6.45) is 0. The van der Waals surface area contributed by atoms with Crippen LogP contribution in [0, 0.1) is 0 Å². The van der Waals surface area contributed by atoms with Crippen molar-refractivity contribution in [2.24, 2.45) is 0 Å². The van der Waals surface area contributed by atoms with E-state index in [0.717, 1.165) is 56.4 Å². The van der Waals surface area contributed by atoms with Gasteiger partial charge < -0.3 is 9.64 Å². The van der Waals surface area contributed by atoms with Crippen LogP contribution in [0.15, 0.2) is 200 Å². The van der Waals surface area contributed by atoms with Crippen molar-refractivity contribution < 1.29 is 4.74 Å². The normalized spacial score (nSPS) is 13.0. The number of hydrogen-bond acceptors (Lipinski definition) is 2. The average molecular weight is 730 g/mol. The third-order valence-electron chi connectivity index (χ3n) is 12.1. The van der Waals surface area contributed by atoms with Crippen LogP contribution in [0.25, 0.3) is 66.4 Å². The fraction of sp³-hybridized carbons (Fsp3) is 0.0545. The van der Waals surface area contributed by atoms with Crippen LogP contribution in [0.3, 0.4) is 0 Å². The van der Waals surface area contributed by atoms with E-state index in [0.29, 0.717) is 0 Å². The van der Waals surface area contributed by atoms with E-state index in [1.54, 1.807) is 0 Å². The highest BCUT2D eigenvalue weighted by Crippen LogP contribution is 2.55. The molecule has 1 heterocycles. The minimum atomic E-state index is -0.149. The van der Waals surface area contributed by atoms with Gasteiger partial charge in [0.15, 0.2) is 5.75 Å². The highest BCUT2D eigenvalue weighted by Gasteiger charge is 2.36. The smallest absolute Gasteiger partial charge is 0.159 e. The van der Waals surface area contributed by atoms with E-state index in [2.05, 4.69) is 219 Å². The summed E-state index contributed by atoms with van der Waals surface area (Å²) in [5, 5.41) is 2.40. The molecule has 0 saturated heterocycles. The SMILES string of the molecule is CC1(C)c2ccccc2-c2ccc(N(c3ccc(-c4ccccc4)cc3)c3cccc4c3Oc3ccc(-c5ccccc5)cc3-c3cc5ccccc5cc3-4)cc21. The summed E-state index contributed by atoms with van der Waals surface area (Å²) < 4.78 is 7.29. The van der Waals surface area contributed by atoms with Crippen LogP contribution in [-0.4, -0.2) is 0 Å². The predicted octanol–water partition coefficient (Wildman–Crippen LogP) is 15.4. The van der Waals surface area contributed by atoms with Crippen molar-refractivity contribution in [1.82, 2.24) is 0 Å². The average Bonchev–Trinajstić information content (AvgIpc) is 3.40. The lowest BCUT2D eigenvalue weighted by Gasteiger charge is -2.30. The third-order valence-corrected chi connectivity index (χ3v) is 12.1. The molecule has 11 rings (SSSR count). The van der Waals surface area contributed by atoms with Gasteiger partial charge in [-0.05, 0) is 121 Å². The molecular formula is C55H39NO. The minimum absolute atomic E-state index is 0.149. The molecule has 0 aromatic heterocycles. The Hall–Kier alpha value is -7.16. The summed E-state index contributed by atoms with van der Waals surface area (Å²) in [6, 6.07) is 72.5. The third kappa shape index (κ3) is 5.40. The van der Waals surface area contributed by atoms with Crippen LogP contribution in [-0.2, 0) is 5.41 Å². The number of hydrogen-bond donors (Lipinski definition) is 0. The topological polar surface area (TPSA) is 12.5 Å². The molecule has 270 valence electrons. The zero-order chi connectivity index (χ0) is 38.1. The Morgan fingerprint density at radius 1 is 0.368 bits per heavy atom. The van der Waals surface area contributed by atoms with Crippen LogP contribution in [0.1, 0.15) is 25.0 Å². The number of rotatable bonds is 5. The lowest BCUT2D eigenvalue weighted by molar-refractivity contribution is 0.489. The summed E-state index contributed by atoms with van der Waals surface area (Å²) in [5.41, 5.74) is 17.4. The first-order chi connectivity index (χ1) is 28.0. The molecule has 2 heteroatoms. The fourth-order valence-corrected chi connectivity index (χ4v) is 9.15. The second kappa shape index (κ2) is 13.0. The Kier molecular flexibility index (Phi) is 7.55. The van der Waals surface area contributed by atoms with Gasteiger partial charge in [0.25, 0.3) is 0 Å². The second-order valence-corrected chi connectivity index (χ2v) is 15.7. The first-order valence-corrected chi connectivity index (χ1v) is 19.8. The zero-order valence-electron chi connectivity index (χ0n) is 31.9. The minimum Gasteiger partial charge on any atom is -0.454 e. The molecule has 2 nitrogen and oxygen atoms in total. The molecule has 0 radical (unpaired) electrons. The summed E-state index contributed by atoms with van der Waals surface area (Å²) in [4.78, 5) is 2.39. The molecule has 0 N–H and O–H groups in total. The first kappa shape index (κ1) is 33.2. The summed E-state index contributed by atoms with van der Waals surface area (Å²) in [7, 11) is 0. The maximum absolute atomic E-state index is 7.29. The lowest BCUT2D eigenvalue weighted by atomic mass is 9.82. The van der Waals surface area contributed by atoms with Crippen molar-refractivity contribution in [3.63, 3.8) is 0 Å². The maximum Gasteiger partial charge on any atom is 0.159 e. The van der Waals surface area contributed by atoms with E-state index in [4.69, 9.17) is 4.74 Å². The lowest BCUT2D eigenvalue weighted by Crippen LogP contribution is -2.17. The Morgan fingerprint density at radius 2 is 0.930 bits per heavy atom. The molecule has 0 bridgehead atoms. The number of fused-ring (bicyclic) bond motifs is 9. The van der Waals surface area contributed by atoms with Gasteiger partial charge in [0.05, 0.1) is 5.69 Å². The van der Waals surface area contributed by atoms with Gasteiger partial charge in [0.2, 0.25) is 0 Å². The Morgan fingerprint density at radius 3 is 1.67 bits per heavy atom. The Balaban J connectivity index is 1.15. The van der Waals surface area contributed by atoms with Crippen LogP contribution in [0.5, 0.6) is 11.5 Å². The van der Waals surface area contributed by atoms with Gasteiger partial charge in [-0.1, -0.05) is 159 Å². The molecule has 0 amide bonds. The van der Waals surface area contributed by atoms with Gasteiger partial charge in [-0.2, -0.15) is 0 Å². The number of para-hydroxylation sites is 1. The summed E-state index contributed by atoms with van der Waals surface area (Å²) >= 11 is 0. The summed E-state index contributed by atoms with van der Waals surface area (Å²) in [5.74, 6) is 1.66. The van der Waals surface area contributed by atoms with Gasteiger partial charge in [0.1, 0.15) is 5.75 Å². The highest BCUT2D eigenvalue weighted by molar-refractivity contribution is 6.02. The zero-order valence-corrected chi connectivity index (χ0v) is 31.9. The summed E-state index contributed by atoms with van der Waals surface area (Å²) in [6.45, 7) is 4.69. The number of ether oxygens (including phenoxy) is 1. The van der Waals surface area contributed by atoms with Gasteiger partial charge >= 0.3 is 0 Å². The standard InChI is InChI=1S/C55H39NO/c1-55(2)50-22-12-11-20-44(50)45-30-29-43(35-51(45)55)56(42-27-24-38(25-28-42)36-14-5-3-6-15-36)52-23-13-21-46-47-32-39-18-9-10-19-40(39)33-48(47)49-34-41(37-16-7-4-8-17-37)26-31-53(49)57-54(46)52/h3-35H,1-2H3. The van der Waals surface area contributed by atoms with Crippen molar-refractivity contribution in [1.29, 1.82) is 0 Å². The molecule has 9 aromatic rings. The van der Waals surface area contributed by atoms with Gasteiger partial charge in [-0.15, -0.1) is 0 Å².